The number of nitrogens with zero attached hydrogens (tertiary/aromatic N) is 2. The predicted molar refractivity (Wildman–Crippen MR) is 127 cm³/mol. The molecular formula is C27H30N2O6. The molecule has 2 aromatic rings. The number of methoxy groups -OCH3 is 3. The van der Waals surface area contributed by atoms with Gasteiger partial charge in [-0.1, -0.05) is 48.5 Å². The van der Waals surface area contributed by atoms with E-state index in [1.807, 2.05) is 42.5 Å². The first-order valence-corrected chi connectivity index (χ1v) is 11.9. The molecule has 2 fully saturated rings. The van der Waals surface area contributed by atoms with Crippen LogP contribution >= 0.6 is 0 Å². The first kappa shape index (κ1) is 23.2. The van der Waals surface area contributed by atoms with Crippen molar-refractivity contribution in [3.05, 3.63) is 65.7 Å². The summed E-state index contributed by atoms with van der Waals surface area (Å²) < 4.78 is 15.7. The van der Waals surface area contributed by atoms with Crippen LogP contribution in [0.2, 0.25) is 0 Å². The average molecular weight is 479 g/mol. The van der Waals surface area contributed by atoms with Gasteiger partial charge in [-0.25, -0.2) is 4.79 Å². The summed E-state index contributed by atoms with van der Waals surface area (Å²) in [6.07, 6.45) is 0.910. The molecule has 0 spiro atoms. The number of carbonyl (C=O) groups is 3. The van der Waals surface area contributed by atoms with Gasteiger partial charge in [-0.3, -0.25) is 14.5 Å². The molecule has 2 aromatic carbocycles. The lowest BCUT2D eigenvalue weighted by Crippen LogP contribution is -2.70. The van der Waals surface area contributed by atoms with Crippen LogP contribution in [0.1, 0.15) is 30.4 Å². The van der Waals surface area contributed by atoms with Crippen LogP contribution in [0.4, 0.5) is 10.5 Å². The minimum atomic E-state index is -0.900. The second-order valence-corrected chi connectivity index (χ2v) is 9.42. The molecule has 0 N–H and O–H groups in total. The maximum absolute atomic E-state index is 13.5. The first-order valence-electron chi connectivity index (χ1n) is 11.9. The molecule has 2 heterocycles. The molecule has 2 aliphatic heterocycles. The number of rotatable bonds is 4. The van der Waals surface area contributed by atoms with Gasteiger partial charge in [0.15, 0.2) is 0 Å². The van der Waals surface area contributed by atoms with Gasteiger partial charge in [0.2, 0.25) is 0 Å². The van der Waals surface area contributed by atoms with E-state index in [9.17, 15) is 14.4 Å². The Labute approximate surface area is 204 Å². The van der Waals surface area contributed by atoms with Crippen molar-refractivity contribution in [2.45, 2.75) is 36.9 Å². The minimum absolute atomic E-state index is 0.376. The summed E-state index contributed by atoms with van der Waals surface area (Å²) in [5.74, 6) is -2.39. The lowest BCUT2D eigenvalue weighted by Gasteiger charge is -2.56. The summed E-state index contributed by atoms with van der Waals surface area (Å²) in [5.41, 5.74) is 1.21. The van der Waals surface area contributed by atoms with Gasteiger partial charge in [0.05, 0.1) is 38.6 Å². The maximum atomic E-state index is 13.5. The quantitative estimate of drug-likeness (QED) is 0.491. The molecule has 0 bridgehead atoms. The maximum Gasteiger partial charge on any atom is 0.411 e. The largest absolute Gasteiger partial charge is 0.469 e. The number of amides is 1. The Bertz CT molecular complexity index is 1150. The lowest BCUT2D eigenvalue weighted by atomic mass is 9.54. The SMILES string of the molecule is COC(=O)[C@H]1CC[C@]23N(C(=O)OC)CC[C@]2(c2ccccc2N3Cc2ccccc2)[C@H]1C(=O)OC. The third kappa shape index (κ3) is 3.01. The number of fused-ring (bicyclic) bond motifs is 1. The van der Waals surface area contributed by atoms with Crippen molar-refractivity contribution in [3.8, 4) is 0 Å². The van der Waals surface area contributed by atoms with E-state index < -0.39 is 40.9 Å². The number of likely N-dealkylation sites (tertiary alicyclic amines) is 1. The zero-order valence-corrected chi connectivity index (χ0v) is 20.2. The van der Waals surface area contributed by atoms with Crippen molar-refractivity contribution in [2.75, 3.05) is 32.8 Å². The summed E-state index contributed by atoms with van der Waals surface area (Å²) in [6, 6.07) is 18.0. The normalized spacial score (nSPS) is 28.5. The van der Waals surface area contributed by atoms with Gasteiger partial charge in [-0.15, -0.1) is 0 Å². The number of ether oxygens (including phenoxy) is 3. The standard InChI is InChI=1S/C27H30N2O6/c1-33-23(30)19-13-14-27-26(22(19)24(31)34-2,15-16-28(27)25(32)35-3)20-11-7-8-12-21(20)29(27)17-18-9-5-4-6-10-18/h4-12,19,22H,13-17H2,1-3H3/t19-,22+,26-,27+/m0/s1. The van der Waals surface area contributed by atoms with Crippen LogP contribution in [0, 0.1) is 11.8 Å². The monoisotopic (exact) mass is 478 g/mol. The summed E-state index contributed by atoms with van der Waals surface area (Å²) in [7, 11) is 4.07. The van der Waals surface area contributed by atoms with Crippen LogP contribution in [0.5, 0.6) is 0 Å². The van der Waals surface area contributed by atoms with E-state index in [0.717, 1.165) is 16.8 Å². The van der Waals surface area contributed by atoms with Crippen LogP contribution < -0.4 is 4.90 Å². The Morgan fingerprint density at radius 1 is 0.886 bits per heavy atom. The molecule has 5 rings (SSSR count). The van der Waals surface area contributed by atoms with E-state index in [0.29, 0.717) is 32.4 Å². The zero-order chi connectivity index (χ0) is 24.8. The van der Waals surface area contributed by atoms with Crippen LogP contribution in [0.3, 0.4) is 0 Å². The van der Waals surface area contributed by atoms with Crippen molar-refractivity contribution in [1.29, 1.82) is 0 Å². The van der Waals surface area contributed by atoms with Crippen molar-refractivity contribution in [1.82, 2.24) is 4.90 Å². The fourth-order valence-corrected chi connectivity index (χ4v) is 7.10. The highest BCUT2D eigenvalue weighted by Crippen LogP contribution is 2.68. The van der Waals surface area contributed by atoms with E-state index in [1.165, 1.54) is 21.3 Å². The van der Waals surface area contributed by atoms with Gasteiger partial charge < -0.3 is 19.1 Å². The van der Waals surface area contributed by atoms with Crippen LogP contribution in [-0.2, 0) is 35.8 Å². The molecule has 1 aliphatic carbocycles. The number of benzene rings is 2. The molecule has 0 aromatic heterocycles. The molecule has 4 atom stereocenters. The van der Waals surface area contributed by atoms with Crippen molar-refractivity contribution in [3.63, 3.8) is 0 Å². The summed E-state index contributed by atoms with van der Waals surface area (Å²) in [4.78, 5) is 43.7. The highest BCUT2D eigenvalue weighted by molar-refractivity contribution is 5.88. The molecule has 1 amide bonds. The Morgan fingerprint density at radius 2 is 1.57 bits per heavy atom. The summed E-state index contributed by atoms with van der Waals surface area (Å²) >= 11 is 0. The third-order valence-electron chi connectivity index (χ3n) is 8.29. The van der Waals surface area contributed by atoms with Crippen molar-refractivity contribution in [2.24, 2.45) is 11.8 Å². The van der Waals surface area contributed by atoms with E-state index in [-0.39, 0.29) is 0 Å². The Morgan fingerprint density at radius 3 is 2.26 bits per heavy atom. The number of para-hydroxylation sites is 1. The van der Waals surface area contributed by atoms with Gasteiger partial charge in [-0.05, 0) is 36.5 Å². The number of carbonyl (C=O) groups excluding carboxylic acids is 3. The number of anilines is 1. The predicted octanol–water partition coefficient (Wildman–Crippen LogP) is 3.49. The second-order valence-electron chi connectivity index (χ2n) is 9.42. The zero-order valence-electron chi connectivity index (χ0n) is 20.2. The van der Waals surface area contributed by atoms with Crippen LogP contribution in [0.25, 0.3) is 0 Å². The number of hydrogen-bond donors (Lipinski definition) is 0. The van der Waals surface area contributed by atoms with E-state index in [1.54, 1.807) is 4.90 Å². The van der Waals surface area contributed by atoms with E-state index in [4.69, 9.17) is 14.2 Å². The smallest absolute Gasteiger partial charge is 0.411 e. The van der Waals surface area contributed by atoms with Gasteiger partial charge in [0, 0.05) is 18.8 Å². The minimum Gasteiger partial charge on any atom is -0.469 e. The molecule has 0 unspecified atom stereocenters. The van der Waals surface area contributed by atoms with Gasteiger partial charge in [0.25, 0.3) is 0 Å². The number of hydrogen-bond acceptors (Lipinski definition) is 7. The molecule has 1 saturated heterocycles. The average Bonchev–Trinajstić information content (AvgIpc) is 3.37. The molecule has 35 heavy (non-hydrogen) atoms. The highest BCUT2D eigenvalue weighted by Gasteiger charge is 2.76. The third-order valence-corrected chi connectivity index (χ3v) is 8.29. The topological polar surface area (TPSA) is 85.4 Å². The fourth-order valence-electron chi connectivity index (χ4n) is 7.10. The first-order chi connectivity index (χ1) is 17.0. The van der Waals surface area contributed by atoms with Gasteiger partial charge >= 0.3 is 18.0 Å². The number of esters is 2. The van der Waals surface area contributed by atoms with Crippen LogP contribution in [0.15, 0.2) is 54.6 Å². The van der Waals surface area contributed by atoms with Crippen LogP contribution in [-0.4, -0.2) is 56.5 Å². The molecule has 3 aliphatic rings. The Balaban J connectivity index is 1.79. The Kier molecular flexibility index (Phi) is 5.69. The Hall–Kier alpha value is -3.55. The molecule has 0 radical (unpaired) electrons. The van der Waals surface area contributed by atoms with Gasteiger partial charge in [-0.2, -0.15) is 0 Å². The molecule has 1 saturated carbocycles. The lowest BCUT2D eigenvalue weighted by molar-refractivity contribution is -0.167. The second kappa shape index (κ2) is 8.59. The van der Waals surface area contributed by atoms with E-state index >= 15 is 0 Å². The fraction of sp³-hybridized carbons (Fsp3) is 0.444. The summed E-state index contributed by atoms with van der Waals surface area (Å²) in [5, 5.41) is 0. The summed E-state index contributed by atoms with van der Waals surface area (Å²) in [6.45, 7) is 0.928. The molecule has 184 valence electrons. The van der Waals surface area contributed by atoms with E-state index in [2.05, 4.69) is 17.0 Å². The molecule has 8 heteroatoms. The molecular weight excluding hydrogens is 448 g/mol. The molecule has 8 nitrogen and oxygen atoms in total. The highest BCUT2D eigenvalue weighted by atomic mass is 16.5. The van der Waals surface area contributed by atoms with Crippen molar-refractivity contribution >= 4 is 23.7 Å². The van der Waals surface area contributed by atoms with Gasteiger partial charge in [0.1, 0.15) is 5.66 Å². The van der Waals surface area contributed by atoms with Crippen molar-refractivity contribution < 1.29 is 28.6 Å².